The average Bonchev–Trinajstić information content (AvgIpc) is 2.84. The molecule has 0 spiro atoms. The van der Waals surface area contributed by atoms with Crippen molar-refractivity contribution < 1.29 is 22.4 Å². The Morgan fingerprint density at radius 1 is 0.914 bits per heavy atom. The monoisotopic (exact) mass is 497 g/mol. The topological polar surface area (TPSA) is 104 Å². The SMILES string of the molecule is CCC(C)NS(=O)(=O)c1ccc(NC(=O)C(Cc2ccccc2)NC(=O)c2ccc(F)cc2)cc1. The van der Waals surface area contributed by atoms with Crippen LogP contribution in [0.3, 0.4) is 0 Å². The number of benzene rings is 3. The number of carbonyl (C=O) groups is 2. The number of amides is 2. The first kappa shape index (κ1) is 26.1. The Morgan fingerprint density at radius 3 is 2.14 bits per heavy atom. The van der Waals surface area contributed by atoms with Crippen LogP contribution in [0.5, 0.6) is 0 Å². The molecule has 0 saturated carbocycles. The van der Waals surface area contributed by atoms with Crippen molar-refractivity contribution in [3.63, 3.8) is 0 Å². The Labute approximate surface area is 204 Å². The summed E-state index contributed by atoms with van der Waals surface area (Å²) in [6.07, 6.45) is 0.880. The van der Waals surface area contributed by atoms with E-state index in [1.807, 2.05) is 37.3 Å². The lowest BCUT2D eigenvalue weighted by atomic mass is 10.0. The first-order valence-electron chi connectivity index (χ1n) is 11.2. The molecule has 3 aromatic rings. The Bertz CT molecular complexity index is 1250. The van der Waals surface area contributed by atoms with Gasteiger partial charge in [-0.25, -0.2) is 17.5 Å². The summed E-state index contributed by atoms with van der Waals surface area (Å²) < 4.78 is 40.7. The van der Waals surface area contributed by atoms with Crippen LogP contribution >= 0.6 is 0 Å². The second-order valence-corrected chi connectivity index (χ2v) is 9.88. The van der Waals surface area contributed by atoms with E-state index in [4.69, 9.17) is 0 Å². The van der Waals surface area contributed by atoms with E-state index < -0.39 is 33.7 Å². The van der Waals surface area contributed by atoms with Crippen molar-refractivity contribution in [1.82, 2.24) is 10.0 Å². The second kappa shape index (κ2) is 11.7. The standard InChI is InChI=1S/C26H28FN3O4S/c1-3-18(2)30-35(33,34)23-15-13-22(14-16-23)28-26(32)24(17-19-7-5-4-6-8-19)29-25(31)20-9-11-21(27)12-10-20/h4-16,18,24,30H,3,17H2,1-2H3,(H,28,32)(H,29,31). The van der Waals surface area contributed by atoms with Gasteiger partial charge in [-0.05, 0) is 67.4 Å². The molecule has 3 N–H and O–H groups in total. The van der Waals surface area contributed by atoms with Gasteiger partial charge >= 0.3 is 0 Å². The zero-order valence-electron chi connectivity index (χ0n) is 19.5. The largest absolute Gasteiger partial charge is 0.340 e. The summed E-state index contributed by atoms with van der Waals surface area (Å²) in [5.41, 5.74) is 1.44. The highest BCUT2D eigenvalue weighted by atomic mass is 32.2. The van der Waals surface area contributed by atoms with Crippen molar-refractivity contribution in [2.45, 2.75) is 43.7 Å². The number of hydrogen-bond donors (Lipinski definition) is 3. The molecule has 35 heavy (non-hydrogen) atoms. The van der Waals surface area contributed by atoms with Crippen molar-refractivity contribution in [3.8, 4) is 0 Å². The van der Waals surface area contributed by atoms with Crippen LogP contribution < -0.4 is 15.4 Å². The maximum atomic E-state index is 13.2. The van der Waals surface area contributed by atoms with Gasteiger partial charge in [0.15, 0.2) is 0 Å². The molecule has 0 aliphatic rings. The molecule has 0 bridgehead atoms. The fourth-order valence-electron chi connectivity index (χ4n) is 3.26. The minimum atomic E-state index is -3.67. The van der Waals surface area contributed by atoms with E-state index in [-0.39, 0.29) is 22.9 Å². The summed E-state index contributed by atoms with van der Waals surface area (Å²) in [5.74, 6) is -1.46. The van der Waals surface area contributed by atoms with Crippen molar-refractivity contribution in [3.05, 3.63) is 95.8 Å². The molecular formula is C26H28FN3O4S. The molecule has 9 heteroatoms. The van der Waals surface area contributed by atoms with Gasteiger partial charge in [0.25, 0.3) is 5.91 Å². The van der Waals surface area contributed by atoms with Gasteiger partial charge in [-0.2, -0.15) is 0 Å². The maximum Gasteiger partial charge on any atom is 0.251 e. The number of halogens is 1. The van der Waals surface area contributed by atoms with Crippen LogP contribution in [0.2, 0.25) is 0 Å². The lowest BCUT2D eigenvalue weighted by Crippen LogP contribution is -2.45. The van der Waals surface area contributed by atoms with E-state index in [2.05, 4.69) is 15.4 Å². The van der Waals surface area contributed by atoms with Crippen LogP contribution in [-0.4, -0.2) is 32.3 Å². The fourth-order valence-corrected chi connectivity index (χ4v) is 4.59. The molecule has 0 aliphatic carbocycles. The van der Waals surface area contributed by atoms with E-state index in [1.54, 1.807) is 6.92 Å². The molecule has 0 saturated heterocycles. The molecule has 0 radical (unpaired) electrons. The Kier molecular flexibility index (Phi) is 8.73. The number of sulfonamides is 1. The summed E-state index contributed by atoms with van der Waals surface area (Å²) in [6.45, 7) is 3.66. The summed E-state index contributed by atoms with van der Waals surface area (Å²) >= 11 is 0. The van der Waals surface area contributed by atoms with Gasteiger partial charge in [-0.3, -0.25) is 9.59 Å². The van der Waals surface area contributed by atoms with E-state index in [0.717, 1.165) is 5.56 Å². The molecule has 2 unspecified atom stereocenters. The third-order valence-electron chi connectivity index (χ3n) is 5.41. The number of carbonyl (C=O) groups excluding carboxylic acids is 2. The molecule has 184 valence electrons. The normalized spacial score (nSPS) is 13.0. The highest BCUT2D eigenvalue weighted by Gasteiger charge is 2.23. The third kappa shape index (κ3) is 7.46. The predicted molar refractivity (Wildman–Crippen MR) is 133 cm³/mol. The van der Waals surface area contributed by atoms with Crippen molar-refractivity contribution in [2.24, 2.45) is 0 Å². The number of rotatable bonds is 10. The van der Waals surface area contributed by atoms with Gasteiger partial charge in [0.1, 0.15) is 11.9 Å². The van der Waals surface area contributed by atoms with E-state index >= 15 is 0 Å². The smallest absolute Gasteiger partial charge is 0.251 e. The zero-order chi connectivity index (χ0) is 25.4. The zero-order valence-corrected chi connectivity index (χ0v) is 20.3. The second-order valence-electron chi connectivity index (χ2n) is 8.17. The summed E-state index contributed by atoms with van der Waals surface area (Å²) in [5, 5.41) is 5.44. The van der Waals surface area contributed by atoms with Crippen LogP contribution in [0, 0.1) is 5.82 Å². The lowest BCUT2D eigenvalue weighted by molar-refractivity contribution is -0.118. The van der Waals surface area contributed by atoms with Crippen molar-refractivity contribution >= 4 is 27.5 Å². The van der Waals surface area contributed by atoms with Gasteiger partial charge in [0, 0.05) is 23.7 Å². The van der Waals surface area contributed by atoms with E-state index in [1.165, 1.54) is 48.5 Å². The third-order valence-corrected chi connectivity index (χ3v) is 7.02. The predicted octanol–water partition coefficient (Wildman–Crippen LogP) is 3.88. The first-order valence-corrected chi connectivity index (χ1v) is 12.7. The van der Waals surface area contributed by atoms with Gasteiger partial charge < -0.3 is 10.6 Å². The molecule has 0 aliphatic heterocycles. The van der Waals surface area contributed by atoms with Crippen LogP contribution in [0.25, 0.3) is 0 Å². The average molecular weight is 498 g/mol. The van der Waals surface area contributed by atoms with Crippen LogP contribution in [0.1, 0.15) is 36.2 Å². The lowest BCUT2D eigenvalue weighted by Gasteiger charge is -2.19. The highest BCUT2D eigenvalue weighted by Crippen LogP contribution is 2.16. The minimum absolute atomic E-state index is 0.0845. The number of anilines is 1. The Balaban J connectivity index is 1.75. The summed E-state index contributed by atoms with van der Waals surface area (Å²) in [4.78, 5) is 25.9. The van der Waals surface area contributed by atoms with Gasteiger partial charge in [0.2, 0.25) is 15.9 Å². The van der Waals surface area contributed by atoms with Gasteiger partial charge in [-0.1, -0.05) is 37.3 Å². The van der Waals surface area contributed by atoms with Crippen LogP contribution in [0.4, 0.5) is 10.1 Å². The maximum absolute atomic E-state index is 13.2. The minimum Gasteiger partial charge on any atom is -0.340 e. The van der Waals surface area contributed by atoms with Crippen molar-refractivity contribution in [2.75, 3.05) is 5.32 Å². The molecule has 3 rings (SSSR count). The molecule has 0 aromatic heterocycles. The van der Waals surface area contributed by atoms with Gasteiger partial charge in [-0.15, -0.1) is 0 Å². The van der Waals surface area contributed by atoms with E-state index in [9.17, 15) is 22.4 Å². The molecule has 2 amide bonds. The molecular weight excluding hydrogens is 469 g/mol. The Morgan fingerprint density at radius 2 is 1.54 bits per heavy atom. The molecule has 2 atom stereocenters. The molecule has 3 aromatic carbocycles. The van der Waals surface area contributed by atoms with Crippen LogP contribution in [-0.2, 0) is 21.2 Å². The Hall–Kier alpha value is -3.56. The highest BCUT2D eigenvalue weighted by molar-refractivity contribution is 7.89. The van der Waals surface area contributed by atoms with Crippen molar-refractivity contribution in [1.29, 1.82) is 0 Å². The first-order chi connectivity index (χ1) is 16.7. The van der Waals surface area contributed by atoms with E-state index in [0.29, 0.717) is 12.1 Å². The fraction of sp³-hybridized carbons (Fsp3) is 0.231. The quantitative estimate of drug-likeness (QED) is 0.395. The molecule has 7 nitrogen and oxygen atoms in total. The molecule has 0 heterocycles. The van der Waals surface area contributed by atoms with Gasteiger partial charge in [0.05, 0.1) is 4.90 Å². The number of hydrogen-bond acceptors (Lipinski definition) is 4. The van der Waals surface area contributed by atoms with Crippen LogP contribution in [0.15, 0.2) is 83.8 Å². The summed E-state index contributed by atoms with van der Waals surface area (Å²) in [6, 6.07) is 18.9. The molecule has 0 fully saturated rings. The summed E-state index contributed by atoms with van der Waals surface area (Å²) in [7, 11) is -3.67. The number of nitrogens with one attached hydrogen (secondary N) is 3.